The summed E-state index contributed by atoms with van der Waals surface area (Å²) >= 11 is 0. The number of hydrogen-bond acceptors (Lipinski definition) is 4. The van der Waals surface area contributed by atoms with Crippen molar-refractivity contribution >= 4 is 5.82 Å². The first-order chi connectivity index (χ1) is 7.60. The van der Waals surface area contributed by atoms with E-state index < -0.39 is 5.60 Å². The number of aryl methyl sites for hydroxylation is 1. The lowest BCUT2D eigenvalue weighted by Crippen LogP contribution is -2.63. The maximum Gasteiger partial charge on any atom is 0.186 e. The lowest BCUT2D eigenvalue weighted by Gasteiger charge is -2.47. The van der Waals surface area contributed by atoms with E-state index in [4.69, 9.17) is 0 Å². The van der Waals surface area contributed by atoms with Gasteiger partial charge in [0.15, 0.2) is 11.6 Å². The average Bonchev–Trinajstić information content (AvgIpc) is 3.01. The summed E-state index contributed by atoms with van der Waals surface area (Å²) in [6.45, 7) is 2.60. The molecule has 1 aliphatic heterocycles. The number of aliphatic hydroxyl groups is 1. The molecule has 1 saturated carbocycles. The maximum atomic E-state index is 13.7. The molecule has 0 unspecified atom stereocenters. The average molecular weight is 223 g/mol. The Hall–Kier alpha value is -1.23. The smallest absolute Gasteiger partial charge is 0.186 e. The monoisotopic (exact) mass is 223 g/mol. The highest BCUT2D eigenvalue weighted by Gasteiger charge is 2.52. The van der Waals surface area contributed by atoms with Gasteiger partial charge in [0.2, 0.25) is 0 Å². The van der Waals surface area contributed by atoms with Gasteiger partial charge in [0, 0.05) is 0 Å². The highest BCUT2D eigenvalue weighted by Crippen LogP contribution is 2.45. The van der Waals surface area contributed by atoms with Crippen molar-refractivity contribution < 1.29 is 9.50 Å². The summed E-state index contributed by atoms with van der Waals surface area (Å²) in [5.41, 5.74) is -0.252. The van der Waals surface area contributed by atoms with Crippen LogP contribution in [0.4, 0.5) is 10.2 Å². The van der Waals surface area contributed by atoms with E-state index in [9.17, 15) is 9.50 Å². The highest BCUT2D eigenvalue weighted by atomic mass is 19.1. The van der Waals surface area contributed by atoms with Gasteiger partial charge < -0.3 is 10.0 Å². The summed E-state index contributed by atoms with van der Waals surface area (Å²) < 4.78 is 13.7. The van der Waals surface area contributed by atoms with Crippen LogP contribution >= 0.6 is 0 Å². The Kier molecular flexibility index (Phi) is 1.95. The van der Waals surface area contributed by atoms with Gasteiger partial charge in [-0.3, -0.25) is 0 Å². The van der Waals surface area contributed by atoms with Gasteiger partial charge in [-0.15, -0.1) is 0 Å². The van der Waals surface area contributed by atoms with Crippen LogP contribution in [0.15, 0.2) is 6.33 Å². The predicted octanol–water partition coefficient (Wildman–Crippen LogP) is 0.885. The van der Waals surface area contributed by atoms with Gasteiger partial charge in [-0.2, -0.15) is 0 Å². The normalized spacial score (nSPS) is 23.1. The molecular formula is C11H14FN3O. The first-order valence-corrected chi connectivity index (χ1v) is 5.54. The molecule has 1 aromatic heterocycles. The van der Waals surface area contributed by atoms with E-state index in [1.165, 1.54) is 6.33 Å². The number of hydrogen-bond donors (Lipinski definition) is 1. The molecule has 4 nitrogen and oxygen atoms in total. The molecule has 5 heteroatoms. The minimum atomic E-state index is -0.606. The molecule has 86 valence electrons. The molecule has 16 heavy (non-hydrogen) atoms. The number of rotatable bonds is 2. The number of halogens is 1. The van der Waals surface area contributed by atoms with Crippen molar-refractivity contribution in [1.82, 2.24) is 9.97 Å². The lowest BCUT2D eigenvalue weighted by atomic mass is 9.89. The molecule has 1 N–H and O–H groups in total. The second kappa shape index (κ2) is 3.13. The van der Waals surface area contributed by atoms with Crippen LogP contribution in [0.3, 0.4) is 0 Å². The van der Waals surface area contributed by atoms with Crippen LogP contribution in [0.2, 0.25) is 0 Å². The van der Waals surface area contributed by atoms with Gasteiger partial charge in [0.25, 0.3) is 0 Å². The lowest BCUT2D eigenvalue weighted by molar-refractivity contribution is -0.0101. The molecule has 0 bridgehead atoms. The summed E-state index contributed by atoms with van der Waals surface area (Å²) in [5.74, 6) is 0.355. The first kappa shape index (κ1) is 9.96. The molecule has 2 heterocycles. The second-order valence-electron chi connectivity index (χ2n) is 4.83. The molecule has 0 amide bonds. The molecule has 0 aromatic carbocycles. The molecule has 0 atom stereocenters. The molecule has 2 aliphatic rings. The molecule has 1 aromatic rings. The van der Waals surface area contributed by atoms with Gasteiger partial charge in [0.1, 0.15) is 11.9 Å². The molecule has 0 radical (unpaired) electrons. The Morgan fingerprint density at radius 2 is 2.12 bits per heavy atom. The Balaban J connectivity index is 1.78. The predicted molar refractivity (Wildman–Crippen MR) is 56.6 cm³/mol. The summed E-state index contributed by atoms with van der Waals surface area (Å²) in [5, 5.41) is 10.1. The Morgan fingerprint density at radius 3 is 2.75 bits per heavy atom. The largest absolute Gasteiger partial charge is 0.386 e. The Labute approximate surface area is 93.1 Å². The van der Waals surface area contributed by atoms with Crippen LogP contribution in [-0.2, 0) is 0 Å². The second-order valence-corrected chi connectivity index (χ2v) is 4.83. The van der Waals surface area contributed by atoms with Crippen LogP contribution in [0.5, 0.6) is 0 Å². The summed E-state index contributed by atoms with van der Waals surface area (Å²) in [7, 11) is 0. The van der Waals surface area contributed by atoms with Crippen molar-refractivity contribution in [3.05, 3.63) is 17.8 Å². The quantitative estimate of drug-likeness (QED) is 0.808. The van der Waals surface area contributed by atoms with E-state index in [0.29, 0.717) is 30.5 Å². The number of aromatic nitrogens is 2. The van der Waals surface area contributed by atoms with E-state index >= 15 is 0 Å². The van der Waals surface area contributed by atoms with Crippen molar-refractivity contribution in [2.75, 3.05) is 18.0 Å². The van der Waals surface area contributed by atoms with Crippen molar-refractivity contribution in [2.45, 2.75) is 25.4 Å². The minimum Gasteiger partial charge on any atom is -0.386 e. The molecule has 1 aliphatic carbocycles. The zero-order chi connectivity index (χ0) is 11.3. The van der Waals surface area contributed by atoms with E-state index in [0.717, 1.165) is 12.8 Å². The summed E-state index contributed by atoms with van der Waals surface area (Å²) in [4.78, 5) is 9.50. The summed E-state index contributed by atoms with van der Waals surface area (Å²) in [6.07, 6.45) is 3.55. The van der Waals surface area contributed by atoms with Crippen LogP contribution in [-0.4, -0.2) is 33.8 Å². The first-order valence-electron chi connectivity index (χ1n) is 5.54. The van der Waals surface area contributed by atoms with Gasteiger partial charge in [-0.05, 0) is 25.7 Å². The fourth-order valence-electron chi connectivity index (χ4n) is 2.31. The number of nitrogens with zero attached hydrogens (tertiary/aromatic N) is 3. The van der Waals surface area contributed by atoms with E-state index in [-0.39, 0.29) is 5.82 Å². The molecule has 3 rings (SSSR count). The van der Waals surface area contributed by atoms with E-state index in [1.807, 2.05) is 0 Å². The Bertz CT molecular complexity index is 427. The maximum absolute atomic E-state index is 13.7. The van der Waals surface area contributed by atoms with Gasteiger partial charge in [-0.25, -0.2) is 14.4 Å². The third kappa shape index (κ3) is 1.38. The highest BCUT2D eigenvalue weighted by molar-refractivity contribution is 5.46. The molecule has 0 spiro atoms. The van der Waals surface area contributed by atoms with Crippen molar-refractivity contribution in [3.63, 3.8) is 0 Å². The van der Waals surface area contributed by atoms with Crippen LogP contribution in [0.25, 0.3) is 0 Å². The topological polar surface area (TPSA) is 49.2 Å². The van der Waals surface area contributed by atoms with Crippen LogP contribution in [0.1, 0.15) is 18.5 Å². The number of anilines is 1. The fraction of sp³-hybridized carbons (Fsp3) is 0.636. The zero-order valence-electron chi connectivity index (χ0n) is 9.15. The van der Waals surface area contributed by atoms with Crippen molar-refractivity contribution in [2.24, 2.45) is 5.92 Å². The zero-order valence-corrected chi connectivity index (χ0v) is 9.15. The van der Waals surface area contributed by atoms with Gasteiger partial charge in [0.05, 0.1) is 18.8 Å². The fourth-order valence-corrected chi connectivity index (χ4v) is 2.31. The summed E-state index contributed by atoms with van der Waals surface area (Å²) in [6, 6.07) is 0. The minimum absolute atomic E-state index is 0.317. The van der Waals surface area contributed by atoms with Crippen molar-refractivity contribution in [3.8, 4) is 0 Å². The van der Waals surface area contributed by atoms with Gasteiger partial charge >= 0.3 is 0 Å². The molecular weight excluding hydrogens is 209 g/mol. The molecule has 2 fully saturated rings. The SMILES string of the molecule is Cc1ncnc(N2CC(O)(C3CC3)C2)c1F. The van der Waals surface area contributed by atoms with E-state index in [1.54, 1.807) is 11.8 Å². The van der Waals surface area contributed by atoms with Crippen molar-refractivity contribution in [1.29, 1.82) is 0 Å². The third-order valence-electron chi connectivity index (χ3n) is 3.51. The van der Waals surface area contributed by atoms with Crippen LogP contribution < -0.4 is 4.90 Å². The van der Waals surface area contributed by atoms with E-state index in [2.05, 4.69) is 9.97 Å². The number of β-amino-alcohol motifs (C(OH)–C–C–N with tert-alkyl or cyclic N) is 1. The standard InChI is InChI=1S/C11H14FN3O/c1-7-9(12)10(14-6-13-7)15-4-11(16,5-15)8-2-3-8/h6,8,16H,2-5H2,1H3. The Morgan fingerprint density at radius 1 is 1.44 bits per heavy atom. The van der Waals surface area contributed by atoms with Gasteiger partial charge in [-0.1, -0.05) is 0 Å². The third-order valence-corrected chi connectivity index (χ3v) is 3.51. The molecule has 1 saturated heterocycles. The van der Waals surface area contributed by atoms with Crippen LogP contribution in [0, 0.1) is 18.7 Å².